The van der Waals surface area contributed by atoms with Gasteiger partial charge in [0.1, 0.15) is 0 Å². The van der Waals surface area contributed by atoms with Crippen molar-refractivity contribution in [2.75, 3.05) is 0 Å². The molecule has 2 aliphatic carbocycles. The van der Waals surface area contributed by atoms with Crippen molar-refractivity contribution < 1.29 is 0 Å². The van der Waals surface area contributed by atoms with E-state index in [-0.39, 0.29) is 0 Å². The first-order valence-corrected chi connectivity index (χ1v) is 6.91. The summed E-state index contributed by atoms with van der Waals surface area (Å²) in [4.78, 5) is 0. The van der Waals surface area contributed by atoms with Crippen molar-refractivity contribution in [3.8, 4) is 0 Å². The van der Waals surface area contributed by atoms with Gasteiger partial charge in [0.15, 0.2) is 0 Å². The fourth-order valence-electron chi connectivity index (χ4n) is 2.60. The zero-order valence-corrected chi connectivity index (χ0v) is 11.7. The van der Waals surface area contributed by atoms with Crippen molar-refractivity contribution in [1.29, 1.82) is 0 Å². The average Bonchev–Trinajstić information content (AvgIpc) is 2.93. The maximum atomic E-state index is 2.22. The third-order valence-electron chi connectivity index (χ3n) is 3.83. The van der Waals surface area contributed by atoms with Crippen molar-refractivity contribution in [3.05, 3.63) is 22.3 Å². The lowest BCUT2D eigenvalue weighted by atomic mass is 10.1. The molecule has 16 heavy (non-hydrogen) atoms. The molecule has 2 rings (SSSR count). The summed E-state index contributed by atoms with van der Waals surface area (Å²) in [5, 5.41) is 0. The largest absolute Gasteiger partial charge is 0.0772 e. The molecule has 0 nitrogen and oxygen atoms in total. The Hall–Kier alpha value is -0.520. The van der Waals surface area contributed by atoms with Crippen LogP contribution in [0.25, 0.3) is 0 Å². The van der Waals surface area contributed by atoms with Gasteiger partial charge in [0.2, 0.25) is 0 Å². The van der Waals surface area contributed by atoms with Crippen LogP contribution in [0.2, 0.25) is 0 Å². The second kappa shape index (κ2) is 6.93. The third-order valence-corrected chi connectivity index (χ3v) is 3.83. The Labute approximate surface area is 102 Å². The average molecular weight is 220 g/mol. The molecular formula is C16H28. The van der Waals surface area contributed by atoms with Crippen LogP contribution in [0.4, 0.5) is 0 Å². The van der Waals surface area contributed by atoms with Crippen molar-refractivity contribution in [2.24, 2.45) is 0 Å². The summed E-state index contributed by atoms with van der Waals surface area (Å²) in [5.74, 6) is 0. The number of allylic oxidation sites excluding steroid dienone is 4. The minimum Gasteiger partial charge on any atom is -0.0772 e. The van der Waals surface area contributed by atoms with Crippen LogP contribution in [0.15, 0.2) is 22.3 Å². The van der Waals surface area contributed by atoms with Crippen molar-refractivity contribution >= 4 is 0 Å². The highest BCUT2D eigenvalue weighted by Crippen LogP contribution is 2.26. The summed E-state index contributed by atoms with van der Waals surface area (Å²) < 4.78 is 0. The van der Waals surface area contributed by atoms with Crippen LogP contribution < -0.4 is 0 Å². The third kappa shape index (κ3) is 4.55. The maximum absolute atomic E-state index is 2.22. The highest BCUT2D eigenvalue weighted by Gasteiger charge is 2.06. The molecule has 2 saturated carbocycles. The van der Waals surface area contributed by atoms with Gasteiger partial charge in [-0.1, -0.05) is 22.3 Å². The molecule has 0 heteroatoms. The highest BCUT2D eigenvalue weighted by molar-refractivity contribution is 5.12. The predicted octanol–water partition coefficient (Wildman–Crippen LogP) is 5.79. The lowest BCUT2D eigenvalue weighted by Crippen LogP contribution is -1.74. The summed E-state index contributed by atoms with van der Waals surface area (Å²) in [7, 11) is 0. The Bertz CT molecular complexity index is 224. The van der Waals surface area contributed by atoms with Crippen LogP contribution >= 0.6 is 0 Å². The molecular weight excluding hydrogens is 192 g/mol. The van der Waals surface area contributed by atoms with Crippen LogP contribution in [-0.2, 0) is 0 Å². The molecule has 0 bridgehead atoms. The number of rotatable bonds is 0. The van der Waals surface area contributed by atoms with Crippen molar-refractivity contribution in [1.82, 2.24) is 0 Å². The lowest BCUT2D eigenvalue weighted by Gasteiger charge is -1.95. The van der Waals surface area contributed by atoms with E-state index in [0.717, 1.165) is 0 Å². The summed E-state index contributed by atoms with van der Waals surface area (Å²) >= 11 is 0. The van der Waals surface area contributed by atoms with Crippen LogP contribution in [0, 0.1) is 0 Å². The minimum absolute atomic E-state index is 1.38. The zero-order chi connectivity index (χ0) is 12.0. The molecule has 0 aliphatic heterocycles. The van der Waals surface area contributed by atoms with Crippen molar-refractivity contribution in [2.45, 2.75) is 79.1 Å². The molecule has 0 N–H and O–H groups in total. The Kier molecular flexibility index (Phi) is 5.87. The van der Waals surface area contributed by atoms with E-state index in [1.54, 1.807) is 22.3 Å². The Balaban J connectivity index is 0.000000160. The summed E-state index contributed by atoms with van der Waals surface area (Å²) in [6, 6.07) is 0. The first kappa shape index (κ1) is 13.5. The molecule has 0 atom stereocenters. The van der Waals surface area contributed by atoms with Gasteiger partial charge < -0.3 is 0 Å². The fraction of sp³-hybridized carbons (Fsp3) is 0.750. The summed E-state index contributed by atoms with van der Waals surface area (Å²) in [5.41, 5.74) is 6.54. The van der Waals surface area contributed by atoms with Gasteiger partial charge in [0.05, 0.1) is 0 Å². The second-order valence-electron chi connectivity index (χ2n) is 5.62. The fourth-order valence-corrected chi connectivity index (χ4v) is 2.60. The summed E-state index contributed by atoms with van der Waals surface area (Å²) in [6.07, 6.45) is 11.2. The molecule has 0 aromatic rings. The van der Waals surface area contributed by atoms with E-state index >= 15 is 0 Å². The highest BCUT2D eigenvalue weighted by atomic mass is 14.1. The second-order valence-corrected chi connectivity index (χ2v) is 5.62. The van der Waals surface area contributed by atoms with E-state index in [1.165, 1.54) is 51.4 Å². The quantitative estimate of drug-likeness (QED) is 0.453. The molecule has 2 fully saturated rings. The van der Waals surface area contributed by atoms with Crippen LogP contribution in [0.3, 0.4) is 0 Å². The van der Waals surface area contributed by atoms with E-state index in [4.69, 9.17) is 0 Å². The Morgan fingerprint density at radius 2 is 0.812 bits per heavy atom. The van der Waals surface area contributed by atoms with Crippen molar-refractivity contribution in [3.63, 3.8) is 0 Å². The van der Waals surface area contributed by atoms with Gasteiger partial charge in [-0.15, -0.1) is 0 Å². The van der Waals surface area contributed by atoms with E-state index in [2.05, 4.69) is 27.7 Å². The molecule has 2 aliphatic rings. The van der Waals surface area contributed by atoms with Gasteiger partial charge in [-0.2, -0.15) is 0 Å². The molecule has 0 aromatic carbocycles. The van der Waals surface area contributed by atoms with Gasteiger partial charge in [0.25, 0.3) is 0 Å². The first-order valence-electron chi connectivity index (χ1n) is 6.91. The first-order chi connectivity index (χ1) is 7.61. The minimum atomic E-state index is 1.38. The van der Waals surface area contributed by atoms with Gasteiger partial charge >= 0.3 is 0 Å². The van der Waals surface area contributed by atoms with E-state index < -0.39 is 0 Å². The van der Waals surface area contributed by atoms with Crippen LogP contribution in [-0.4, -0.2) is 0 Å². The zero-order valence-electron chi connectivity index (χ0n) is 11.7. The molecule has 0 amide bonds. The molecule has 0 unspecified atom stereocenters. The Morgan fingerprint density at radius 3 is 0.938 bits per heavy atom. The molecule has 0 aromatic heterocycles. The monoisotopic (exact) mass is 220 g/mol. The standard InChI is InChI=1S/2C8H14/c2*1-7(2)8-5-3-4-6-8/h2*3-6H2,1-2H3. The number of hydrogen-bond acceptors (Lipinski definition) is 0. The molecule has 0 spiro atoms. The molecule has 0 saturated heterocycles. The molecule has 0 heterocycles. The smallest absolute Gasteiger partial charge is 0.0318 e. The predicted molar refractivity (Wildman–Crippen MR) is 73.7 cm³/mol. The van der Waals surface area contributed by atoms with Gasteiger partial charge in [-0.25, -0.2) is 0 Å². The van der Waals surface area contributed by atoms with E-state index in [9.17, 15) is 0 Å². The Morgan fingerprint density at radius 1 is 0.562 bits per heavy atom. The molecule has 0 radical (unpaired) electrons. The normalized spacial score (nSPS) is 19.5. The van der Waals surface area contributed by atoms with E-state index in [0.29, 0.717) is 0 Å². The van der Waals surface area contributed by atoms with Crippen LogP contribution in [0.1, 0.15) is 79.1 Å². The lowest BCUT2D eigenvalue weighted by molar-refractivity contribution is 0.886. The molecule has 92 valence electrons. The number of hydrogen-bond donors (Lipinski definition) is 0. The summed E-state index contributed by atoms with van der Waals surface area (Å²) in [6.45, 7) is 8.89. The maximum Gasteiger partial charge on any atom is -0.0318 e. The van der Waals surface area contributed by atoms with Gasteiger partial charge in [-0.3, -0.25) is 0 Å². The van der Waals surface area contributed by atoms with Gasteiger partial charge in [0, 0.05) is 0 Å². The van der Waals surface area contributed by atoms with Crippen LogP contribution in [0.5, 0.6) is 0 Å². The van der Waals surface area contributed by atoms with Gasteiger partial charge in [-0.05, 0) is 79.1 Å². The van der Waals surface area contributed by atoms with E-state index in [1.807, 2.05) is 0 Å². The SMILES string of the molecule is CC(C)=C1CCCC1.CC(C)=C1CCCC1. The topological polar surface area (TPSA) is 0 Å².